The van der Waals surface area contributed by atoms with E-state index in [1.807, 2.05) is 4.90 Å². The van der Waals surface area contributed by atoms with Gasteiger partial charge >= 0.3 is 0 Å². The van der Waals surface area contributed by atoms with Crippen molar-refractivity contribution in [2.24, 2.45) is 0 Å². The molecule has 2 heterocycles. The number of benzene rings is 1. The summed E-state index contributed by atoms with van der Waals surface area (Å²) >= 11 is 12.0. The number of carbonyl (C=O) groups is 2. The maximum absolute atomic E-state index is 12.3. The Hall–Kier alpha value is -2.38. The molecule has 7 nitrogen and oxygen atoms in total. The molecule has 130 valence electrons. The average molecular weight is 380 g/mol. The maximum atomic E-state index is 12.3. The standard InChI is InChI=1S/C16H15Cl2N5O2/c17-11-2-1-3-12(15(11)18)21-16(25)13-8-20-14(9-19-13)23-6-4-22(10-24)5-7-23/h1-3,8-10H,4-7H2,(H,21,25). The lowest BCUT2D eigenvalue weighted by Gasteiger charge is -2.33. The first kappa shape index (κ1) is 17.4. The van der Waals surface area contributed by atoms with E-state index in [2.05, 4.69) is 15.3 Å². The van der Waals surface area contributed by atoms with E-state index >= 15 is 0 Å². The quantitative estimate of drug-likeness (QED) is 0.824. The second-order valence-electron chi connectivity index (χ2n) is 5.44. The Balaban J connectivity index is 1.67. The number of rotatable bonds is 4. The molecular weight excluding hydrogens is 365 g/mol. The highest BCUT2D eigenvalue weighted by Crippen LogP contribution is 2.29. The molecule has 1 N–H and O–H groups in total. The van der Waals surface area contributed by atoms with Crippen LogP contribution in [0.1, 0.15) is 10.5 Å². The van der Waals surface area contributed by atoms with Gasteiger partial charge in [-0.1, -0.05) is 29.3 Å². The van der Waals surface area contributed by atoms with Crippen LogP contribution in [-0.2, 0) is 4.79 Å². The molecule has 0 unspecified atom stereocenters. The predicted octanol–water partition coefficient (Wildman–Crippen LogP) is 2.31. The molecule has 9 heteroatoms. The van der Waals surface area contributed by atoms with Crippen LogP contribution in [0.5, 0.6) is 0 Å². The third-order valence-corrected chi connectivity index (χ3v) is 4.68. The first-order valence-electron chi connectivity index (χ1n) is 7.60. The van der Waals surface area contributed by atoms with E-state index < -0.39 is 5.91 Å². The van der Waals surface area contributed by atoms with Gasteiger partial charge in [0.15, 0.2) is 0 Å². The number of nitrogens with zero attached hydrogens (tertiary/aromatic N) is 4. The van der Waals surface area contributed by atoms with E-state index in [9.17, 15) is 9.59 Å². The van der Waals surface area contributed by atoms with E-state index in [0.29, 0.717) is 42.7 Å². The number of carbonyl (C=O) groups excluding carboxylic acids is 2. The number of hydrogen-bond donors (Lipinski definition) is 1. The van der Waals surface area contributed by atoms with Crippen molar-refractivity contribution in [1.82, 2.24) is 14.9 Å². The number of piperazine rings is 1. The molecule has 2 amide bonds. The van der Waals surface area contributed by atoms with Gasteiger partial charge in [-0.05, 0) is 12.1 Å². The van der Waals surface area contributed by atoms with Crippen LogP contribution in [-0.4, -0.2) is 53.4 Å². The zero-order valence-corrected chi connectivity index (χ0v) is 14.7. The molecule has 0 radical (unpaired) electrons. The third-order valence-electron chi connectivity index (χ3n) is 3.86. The van der Waals surface area contributed by atoms with Gasteiger partial charge < -0.3 is 15.1 Å². The average Bonchev–Trinajstić information content (AvgIpc) is 2.65. The summed E-state index contributed by atoms with van der Waals surface area (Å²) in [6, 6.07) is 4.98. The van der Waals surface area contributed by atoms with E-state index in [-0.39, 0.29) is 10.7 Å². The van der Waals surface area contributed by atoms with Crippen LogP contribution in [0, 0.1) is 0 Å². The first-order valence-corrected chi connectivity index (χ1v) is 8.36. The number of amides is 2. The summed E-state index contributed by atoms with van der Waals surface area (Å²) in [6.45, 7) is 2.63. The number of halogens is 2. The fourth-order valence-corrected chi connectivity index (χ4v) is 2.79. The number of nitrogens with one attached hydrogen (secondary N) is 1. The molecule has 2 aromatic rings. The van der Waals surface area contributed by atoms with Gasteiger partial charge in [0.05, 0.1) is 28.1 Å². The van der Waals surface area contributed by atoms with Crippen LogP contribution in [0.3, 0.4) is 0 Å². The Bertz CT molecular complexity index is 777. The van der Waals surface area contributed by atoms with Gasteiger partial charge in [0.25, 0.3) is 5.91 Å². The van der Waals surface area contributed by atoms with Crippen LogP contribution in [0.15, 0.2) is 30.6 Å². The van der Waals surface area contributed by atoms with Crippen molar-refractivity contribution < 1.29 is 9.59 Å². The number of anilines is 2. The smallest absolute Gasteiger partial charge is 0.275 e. The van der Waals surface area contributed by atoms with E-state index in [1.165, 1.54) is 6.20 Å². The molecule has 0 saturated carbocycles. The highest BCUT2D eigenvalue weighted by Gasteiger charge is 2.18. The Morgan fingerprint density at radius 3 is 2.52 bits per heavy atom. The fourth-order valence-electron chi connectivity index (χ4n) is 2.44. The van der Waals surface area contributed by atoms with Gasteiger partial charge in [0.1, 0.15) is 11.5 Å². The Labute approximate surface area is 154 Å². The number of aromatic nitrogens is 2. The van der Waals surface area contributed by atoms with Crippen LogP contribution < -0.4 is 10.2 Å². The third kappa shape index (κ3) is 4.00. The van der Waals surface area contributed by atoms with E-state index in [4.69, 9.17) is 23.2 Å². The van der Waals surface area contributed by atoms with Gasteiger partial charge in [-0.25, -0.2) is 9.97 Å². The summed E-state index contributed by atoms with van der Waals surface area (Å²) in [5.41, 5.74) is 0.585. The summed E-state index contributed by atoms with van der Waals surface area (Å²) in [7, 11) is 0. The zero-order valence-electron chi connectivity index (χ0n) is 13.2. The van der Waals surface area contributed by atoms with Gasteiger partial charge in [-0.3, -0.25) is 9.59 Å². The second kappa shape index (κ2) is 7.67. The summed E-state index contributed by atoms with van der Waals surface area (Å²) in [5, 5.41) is 3.29. The predicted molar refractivity (Wildman–Crippen MR) is 96.3 cm³/mol. The fraction of sp³-hybridized carbons (Fsp3) is 0.250. The van der Waals surface area contributed by atoms with Crippen LogP contribution >= 0.6 is 23.2 Å². The van der Waals surface area contributed by atoms with E-state index in [1.54, 1.807) is 29.3 Å². The molecule has 1 aromatic carbocycles. The molecule has 1 aliphatic heterocycles. The van der Waals surface area contributed by atoms with Crippen molar-refractivity contribution in [3.8, 4) is 0 Å². The molecule has 0 spiro atoms. The van der Waals surface area contributed by atoms with E-state index in [0.717, 1.165) is 6.41 Å². The normalized spacial score (nSPS) is 14.3. The van der Waals surface area contributed by atoms with Crippen LogP contribution in [0.4, 0.5) is 11.5 Å². The monoisotopic (exact) mass is 379 g/mol. The molecule has 0 aliphatic carbocycles. The van der Waals surface area contributed by atoms with Crippen molar-refractivity contribution >= 4 is 47.0 Å². The lowest BCUT2D eigenvalue weighted by molar-refractivity contribution is -0.118. The Kier molecular flexibility index (Phi) is 5.35. The number of hydrogen-bond acceptors (Lipinski definition) is 5. The highest BCUT2D eigenvalue weighted by atomic mass is 35.5. The largest absolute Gasteiger partial charge is 0.352 e. The maximum Gasteiger partial charge on any atom is 0.275 e. The lowest BCUT2D eigenvalue weighted by atomic mass is 10.3. The molecule has 3 rings (SSSR count). The molecular formula is C16H15Cl2N5O2. The summed E-state index contributed by atoms with van der Waals surface area (Å²) in [6.07, 6.45) is 3.80. The van der Waals surface area contributed by atoms with Crippen LogP contribution in [0.2, 0.25) is 10.0 Å². The lowest BCUT2D eigenvalue weighted by Crippen LogP contribution is -2.46. The van der Waals surface area contributed by atoms with Crippen molar-refractivity contribution in [3.63, 3.8) is 0 Å². The second-order valence-corrected chi connectivity index (χ2v) is 6.23. The Morgan fingerprint density at radius 2 is 1.88 bits per heavy atom. The summed E-state index contributed by atoms with van der Waals surface area (Å²) in [4.78, 5) is 35.2. The van der Waals surface area contributed by atoms with Gasteiger partial charge in [-0.15, -0.1) is 0 Å². The molecule has 0 bridgehead atoms. The van der Waals surface area contributed by atoms with Crippen molar-refractivity contribution in [3.05, 3.63) is 46.3 Å². The molecule has 1 aliphatic rings. The van der Waals surface area contributed by atoms with Gasteiger partial charge in [0, 0.05) is 26.2 Å². The molecule has 1 aromatic heterocycles. The Morgan fingerprint density at radius 1 is 1.12 bits per heavy atom. The van der Waals surface area contributed by atoms with Gasteiger partial charge in [-0.2, -0.15) is 0 Å². The zero-order chi connectivity index (χ0) is 17.8. The molecule has 1 fully saturated rings. The summed E-state index contributed by atoms with van der Waals surface area (Å²) in [5.74, 6) is 0.247. The topological polar surface area (TPSA) is 78.4 Å². The van der Waals surface area contributed by atoms with Crippen molar-refractivity contribution in [1.29, 1.82) is 0 Å². The SMILES string of the molecule is O=CN1CCN(c2cnc(C(=O)Nc3cccc(Cl)c3Cl)cn2)CC1. The molecule has 25 heavy (non-hydrogen) atoms. The molecule has 0 atom stereocenters. The minimum atomic E-state index is -0.422. The first-order chi connectivity index (χ1) is 12.1. The van der Waals surface area contributed by atoms with Crippen molar-refractivity contribution in [2.75, 3.05) is 36.4 Å². The summed E-state index contributed by atoms with van der Waals surface area (Å²) < 4.78 is 0. The highest BCUT2D eigenvalue weighted by molar-refractivity contribution is 6.44. The molecule has 1 saturated heterocycles. The van der Waals surface area contributed by atoms with Crippen LogP contribution in [0.25, 0.3) is 0 Å². The van der Waals surface area contributed by atoms with Gasteiger partial charge in [0.2, 0.25) is 6.41 Å². The van der Waals surface area contributed by atoms with Crippen molar-refractivity contribution in [2.45, 2.75) is 0 Å². The minimum Gasteiger partial charge on any atom is -0.352 e. The minimum absolute atomic E-state index is 0.173.